The van der Waals surface area contributed by atoms with Crippen molar-refractivity contribution in [2.75, 3.05) is 24.4 Å². The number of nitrogens with two attached hydrogens (primary N) is 1. The van der Waals surface area contributed by atoms with Crippen LogP contribution < -0.4 is 10.6 Å². The minimum Gasteiger partial charge on any atom is -0.386 e. The molecule has 18 nitrogen and oxygen atoms in total. The molecular weight excluding hydrogens is 551 g/mol. The van der Waals surface area contributed by atoms with E-state index in [0.717, 1.165) is 0 Å². The van der Waals surface area contributed by atoms with E-state index in [4.69, 9.17) is 25.0 Å². The third-order valence-electron chi connectivity index (χ3n) is 4.52. The van der Waals surface area contributed by atoms with Gasteiger partial charge in [-0.05, 0) is 20.6 Å². The summed E-state index contributed by atoms with van der Waals surface area (Å²) in [4.78, 5) is 49.4. The topological polar surface area (TPSA) is 266 Å². The first-order valence-corrected chi connectivity index (χ1v) is 14.2. The molecule has 2 heterocycles. The SMILES string of the molecule is C=Nc1nc(N)c(C)c(N(C=CC)C2OC(COP(=O)(O)OP(=O)(O)OP(=O)(O)O)C(OC)C2O)n1. The average Bonchev–Trinajstić information content (AvgIpc) is 3.05. The van der Waals surface area contributed by atoms with Crippen LogP contribution in [0.4, 0.5) is 17.6 Å². The molecule has 21 heteroatoms. The number of aliphatic hydroxyl groups excluding tert-OH is 1. The van der Waals surface area contributed by atoms with E-state index in [9.17, 15) is 28.6 Å². The third kappa shape index (κ3) is 7.94. The van der Waals surface area contributed by atoms with Crippen LogP contribution in [0.25, 0.3) is 0 Å². The maximum atomic E-state index is 12.1. The van der Waals surface area contributed by atoms with E-state index in [1.807, 2.05) is 0 Å². The summed E-state index contributed by atoms with van der Waals surface area (Å²) in [5, 5.41) is 10.9. The fraction of sp³-hybridized carbons (Fsp3) is 0.533. The zero-order valence-electron chi connectivity index (χ0n) is 19.1. The Kier molecular flexibility index (Phi) is 10.1. The van der Waals surface area contributed by atoms with Crippen molar-refractivity contribution in [3.8, 4) is 0 Å². The zero-order chi connectivity index (χ0) is 27.5. The summed E-state index contributed by atoms with van der Waals surface area (Å²) in [6.45, 7) is 5.79. The number of allylic oxidation sites excluding steroid dienone is 1. The van der Waals surface area contributed by atoms with Crippen molar-refractivity contribution < 1.29 is 61.0 Å². The number of phosphoric acid groups is 3. The van der Waals surface area contributed by atoms with Crippen LogP contribution in [0, 0.1) is 6.92 Å². The predicted molar refractivity (Wildman–Crippen MR) is 123 cm³/mol. The van der Waals surface area contributed by atoms with Gasteiger partial charge in [-0.3, -0.25) is 4.52 Å². The van der Waals surface area contributed by atoms with Crippen LogP contribution in [-0.4, -0.2) is 79.6 Å². The Morgan fingerprint density at radius 2 is 1.83 bits per heavy atom. The van der Waals surface area contributed by atoms with Crippen molar-refractivity contribution in [3.05, 3.63) is 17.8 Å². The minimum atomic E-state index is -5.71. The highest BCUT2D eigenvalue weighted by Gasteiger charge is 2.49. The van der Waals surface area contributed by atoms with Gasteiger partial charge in [0, 0.05) is 18.9 Å². The van der Waals surface area contributed by atoms with E-state index >= 15 is 0 Å². The Bertz CT molecular complexity index is 1130. The summed E-state index contributed by atoms with van der Waals surface area (Å²) in [6.07, 6.45) is -1.96. The lowest BCUT2D eigenvalue weighted by Gasteiger charge is -2.29. The van der Waals surface area contributed by atoms with Crippen molar-refractivity contribution in [2.24, 2.45) is 4.99 Å². The van der Waals surface area contributed by atoms with Crippen LogP contribution >= 0.6 is 23.5 Å². The van der Waals surface area contributed by atoms with E-state index in [1.165, 1.54) is 18.2 Å². The van der Waals surface area contributed by atoms with Gasteiger partial charge in [-0.15, -0.1) is 0 Å². The number of hydrogen-bond donors (Lipinski definition) is 6. The Labute approximate surface area is 204 Å². The average molecular weight is 577 g/mol. The number of rotatable bonds is 12. The van der Waals surface area contributed by atoms with Gasteiger partial charge < -0.3 is 44.8 Å². The molecule has 1 aromatic rings. The Morgan fingerprint density at radius 3 is 2.36 bits per heavy atom. The van der Waals surface area contributed by atoms with Gasteiger partial charge in [0.1, 0.15) is 29.9 Å². The van der Waals surface area contributed by atoms with E-state index in [0.29, 0.717) is 5.56 Å². The third-order valence-corrected chi connectivity index (χ3v) is 8.32. The lowest BCUT2D eigenvalue weighted by atomic mass is 10.1. The van der Waals surface area contributed by atoms with Gasteiger partial charge in [0.05, 0.1) is 6.61 Å². The second kappa shape index (κ2) is 11.8. The molecule has 0 radical (unpaired) electrons. The molecule has 0 aromatic carbocycles. The Morgan fingerprint density at radius 1 is 1.19 bits per heavy atom. The summed E-state index contributed by atoms with van der Waals surface area (Å²) >= 11 is 0. The van der Waals surface area contributed by atoms with E-state index in [-0.39, 0.29) is 17.6 Å². The monoisotopic (exact) mass is 577 g/mol. The van der Waals surface area contributed by atoms with E-state index < -0.39 is 54.6 Å². The highest BCUT2D eigenvalue weighted by Crippen LogP contribution is 2.66. The fourth-order valence-corrected chi connectivity index (χ4v) is 6.14. The first-order chi connectivity index (χ1) is 16.5. The number of aromatic nitrogens is 2. The molecule has 7 N–H and O–H groups in total. The van der Waals surface area contributed by atoms with Gasteiger partial charge in [0.15, 0.2) is 6.23 Å². The van der Waals surface area contributed by atoms with Gasteiger partial charge in [-0.25, -0.2) is 18.7 Å². The Hall–Kier alpha value is -1.62. The number of aliphatic imine (C=N–C) groups is 1. The van der Waals surface area contributed by atoms with Crippen LogP contribution in [0.5, 0.6) is 0 Å². The molecule has 1 aliphatic rings. The number of methoxy groups -OCH3 is 1. The van der Waals surface area contributed by atoms with Gasteiger partial charge in [-0.1, -0.05) is 6.08 Å². The molecule has 204 valence electrons. The van der Waals surface area contributed by atoms with Crippen LogP contribution in [0.2, 0.25) is 0 Å². The van der Waals surface area contributed by atoms with E-state index in [2.05, 4.69) is 34.8 Å². The van der Waals surface area contributed by atoms with Gasteiger partial charge in [0.25, 0.3) is 5.95 Å². The second-order valence-corrected chi connectivity index (χ2v) is 11.5. The number of aliphatic hydroxyl groups is 1. The zero-order valence-corrected chi connectivity index (χ0v) is 21.8. The summed E-state index contributed by atoms with van der Waals surface area (Å²) < 4.78 is 57.3. The molecule has 0 amide bonds. The van der Waals surface area contributed by atoms with Crippen LogP contribution in [0.3, 0.4) is 0 Å². The van der Waals surface area contributed by atoms with Crippen LogP contribution in [-0.2, 0) is 36.3 Å². The molecule has 0 saturated carbocycles. The first kappa shape index (κ1) is 30.6. The highest BCUT2D eigenvalue weighted by molar-refractivity contribution is 7.66. The molecule has 1 aromatic heterocycles. The quantitative estimate of drug-likeness (QED) is 0.146. The molecule has 0 aliphatic carbocycles. The summed E-state index contributed by atoms with van der Waals surface area (Å²) in [5.41, 5.74) is 6.32. The van der Waals surface area contributed by atoms with Gasteiger partial charge >= 0.3 is 23.5 Å². The number of ether oxygens (including phenoxy) is 2. The number of nitrogens with zero attached hydrogens (tertiary/aromatic N) is 4. The normalized spacial score (nSPS) is 26.0. The van der Waals surface area contributed by atoms with Gasteiger partial charge in [0.2, 0.25) is 0 Å². The summed E-state index contributed by atoms with van der Waals surface area (Å²) in [7, 11) is -15.5. The maximum absolute atomic E-state index is 12.1. The Balaban J connectivity index is 2.27. The summed E-state index contributed by atoms with van der Waals surface area (Å²) in [5.74, 6) is 0.218. The lowest BCUT2D eigenvalue weighted by Crippen LogP contribution is -2.43. The predicted octanol–water partition coefficient (Wildman–Crippen LogP) is 0.483. The van der Waals surface area contributed by atoms with Crippen molar-refractivity contribution >= 4 is 47.8 Å². The van der Waals surface area contributed by atoms with Crippen molar-refractivity contribution in [1.29, 1.82) is 0 Å². The first-order valence-electron chi connectivity index (χ1n) is 9.70. The molecule has 36 heavy (non-hydrogen) atoms. The molecule has 0 bridgehead atoms. The number of nitrogen functional groups attached to an aromatic ring is 1. The molecule has 6 atom stereocenters. The van der Waals surface area contributed by atoms with Gasteiger partial charge in [-0.2, -0.15) is 18.6 Å². The number of anilines is 2. The lowest BCUT2D eigenvalue weighted by molar-refractivity contribution is -0.0347. The van der Waals surface area contributed by atoms with E-state index in [1.54, 1.807) is 19.9 Å². The molecular formula is C15H26N5O13P3. The standard InChI is InChI=1S/C15H26N5O13P3/c1-5-6-20(13-8(2)12(16)18-15(17-3)19-13)14-10(21)11(29-4)9(31-14)7-30-35(25,26)33-36(27,28)32-34(22,23)24/h5-6,9-11,14,21H,3,7H2,1-2,4H3,(H,25,26)(H,27,28)(H2,16,18,19)(H2,22,23,24). The molecule has 1 fully saturated rings. The molecule has 0 spiro atoms. The molecule has 2 rings (SSSR count). The molecule has 6 unspecified atom stereocenters. The highest BCUT2D eigenvalue weighted by atomic mass is 31.3. The van der Waals surface area contributed by atoms with Crippen LogP contribution in [0.15, 0.2) is 17.3 Å². The molecule has 1 saturated heterocycles. The summed E-state index contributed by atoms with van der Waals surface area (Å²) in [6, 6.07) is 0. The number of hydrogen-bond acceptors (Lipinski definition) is 14. The van der Waals surface area contributed by atoms with Crippen molar-refractivity contribution in [1.82, 2.24) is 9.97 Å². The largest absolute Gasteiger partial charge is 0.490 e. The van der Waals surface area contributed by atoms with Crippen LogP contribution in [0.1, 0.15) is 12.5 Å². The maximum Gasteiger partial charge on any atom is 0.490 e. The molecule has 1 aliphatic heterocycles. The fourth-order valence-electron chi connectivity index (χ4n) is 3.11. The van der Waals surface area contributed by atoms with Crippen molar-refractivity contribution in [3.63, 3.8) is 0 Å². The smallest absolute Gasteiger partial charge is 0.386 e. The second-order valence-electron chi connectivity index (χ2n) is 7.05. The van der Waals surface area contributed by atoms with Crippen molar-refractivity contribution in [2.45, 2.75) is 38.4 Å². The minimum absolute atomic E-state index is 0.0532. The number of phosphoric ester groups is 1.